The number of benzene rings is 1. The Hall–Kier alpha value is -0.790. The van der Waals surface area contributed by atoms with Crippen LogP contribution in [0.15, 0.2) is 34.5 Å². The van der Waals surface area contributed by atoms with E-state index in [9.17, 15) is 13.2 Å². The van der Waals surface area contributed by atoms with Gasteiger partial charge in [0.2, 0.25) is 0 Å². The molecule has 4 nitrogen and oxygen atoms in total. The normalized spacial score (nSPS) is 11.4. The van der Waals surface area contributed by atoms with E-state index in [4.69, 9.17) is 33.9 Å². The minimum atomic E-state index is -3.75. The van der Waals surface area contributed by atoms with Gasteiger partial charge in [0.25, 0.3) is 15.0 Å². The maximum absolute atomic E-state index is 12.0. The Labute approximate surface area is 140 Å². The monoisotopic (exact) mass is 383 g/mol. The van der Waals surface area contributed by atoms with E-state index in [1.54, 1.807) is 12.1 Å². The van der Waals surface area contributed by atoms with Crippen LogP contribution in [0.2, 0.25) is 10.0 Å². The zero-order valence-corrected chi connectivity index (χ0v) is 14.2. The third-order valence-corrected chi connectivity index (χ3v) is 6.22. The van der Waals surface area contributed by atoms with Gasteiger partial charge in [0.05, 0.1) is 17.1 Å². The van der Waals surface area contributed by atoms with Gasteiger partial charge >= 0.3 is 0 Å². The summed E-state index contributed by atoms with van der Waals surface area (Å²) in [5, 5.41) is 3.32. The van der Waals surface area contributed by atoms with E-state index < -0.39 is 15.0 Å². The first-order valence-electron chi connectivity index (χ1n) is 5.54. The number of hydrogen-bond donors (Lipinski definition) is 1. The molecule has 0 saturated heterocycles. The summed E-state index contributed by atoms with van der Waals surface area (Å²) in [6, 6.07) is 7.54. The molecule has 0 bridgehead atoms. The molecule has 2 aromatic rings. The molecule has 1 aromatic heterocycles. The van der Waals surface area contributed by atoms with E-state index in [2.05, 4.69) is 5.32 Å². The lowest BCUT2D eigenvalue weighted by molar-refractivity contribution is 0.0951. The van der Waals surface area contributed by atoms with Gasteiger partial charge in [0, 0.05) is 20.6 Å². The number of nitrogens with one attached hydrogen (secondary N) is 1. The highest BCUT2D eigenvalue weighted by molar-refractivity contribution is 8.15. The van der Waals surface area contributed by atoms with Crippen LogP contribution in [0.4, 0.5) is 0 Å². The Morgan fingerprint density at radius 1 is 1.19 bits per heavy atom. The second-order valence-corrected chi connectivity index (χ2v) is 8.77. The summed E-state index contributed by atoms with van der Waals surface area (Å²) in [5.74, 6) is -0.397. The Kier molecular flexibility index (Phi) is 5.16. The van der Waals surface area contributed by atoms with Gasteiger partial charge < -0.3 is 5.32 Å². The van der Waals surface area contributed by atoms with Crippen molar-refractivity contribution in [2.24, 2.45) is 0 Å². The van der Waals surface area contributed by atoms with Gasteiger partial charge in [0.1, 0.15) is 4.21 Å². The molecule has 1 aromatic carbocycles. The van der Waals surface area contributed by atoms with Crippen molar-refractivity contribution in [3.63, 3.8) is 0 Å². The lowest BCUT2D eigenvalue weighted by Crippen LogP contribution is -2.22. The first-order valence-corrected chi connectivity index (χ1v) is 9.42. The quantitative estimate of drug-likeness (QED) is 0.813. The molecule has 21 heavy (non-hydrogen) atoms. The van der Waals surface area contributed by atoms with Crippen LogP contribution < -0.4 is 5.32 Å². The molecule has 0 saturated carbocycles. The van der Waals surface area contributed by atoms with Crippen LogP contribution in [-0.2, 0) is 15.6 Å². The Morgan fingerprint density at radius 2 is 1.90 bits per heavy atom. The van der Waals surface area contributed by atoms with Gasteiger partial charge in [0.15, 0.2) is 0 Å². The summed E-state index contributed by atoms with van der Waals surface area (Å²) in [7, 11) is 1.49. The number of amides is 1. The number of rotatable bonds is 4. The Bertz CT molecular complexity index is 787. The lowest BCUT2D eigenvalue weighted by atomic mass is 10.2. The molecule has 112 valence electrons. The van der Waals surface area contributed by atoms with Crippen molar-refractivity contribution in [1.29, 1.82) is 0 Å². The van der Waals surface area contributed by atoms with Gasteiger partial charge in [-0.1, -0.05) is 23.2 Å². The third-order valence-electron chi connectivity index (χ3n) is 2.47. The number of halogens is 3. The predicted octanol–water partition coefficient (Wildman–Crippen LogP) is 3.91. The van der Waals surface area contributed by atoms with Crippen LogP contribution in [-0.4, -0.2) is 14.3 Å². The predicted molar refractivity (Wildman–Crippen MR) is 85.0 cm³/mol. The van der Waals surface area contributed by atoms with Gasteiger partial charge in [-0.25, -0.2) is 8.42 Å². The smallest absolute Gasteiger partial charge is 0.270 e. The van der Waals surface area contributed by atoms with Gasteiger partial charge in [-0.2, -0.15) is 0 Å². The molecule has 0 fully saturated rings. The van der Waals surface area contributed by atoms with E-state index in [-0.39, 0.29) is 21.3 Å². The number of carbonyl (C=O) groups excluding carboxylic acids is 1. The van der Waals surface area contributed by atoms with E-state index in [1.165, 1.54) is 18.2 Å². The van der Waals surface area contributed by atoms with Crippen molar-refractivity contribution in [2.75, 3.05) is 0 Å². The topological polar surface area (TPSA) is 63.2 Å². The molecule has 0 aliphatic rings. The molecule has 1 amide bonds. The van der Waals surface area contributed by atoms with Crippen molar-refractivity contribution >= 4 is 60.2 Å². The zero-order chi connectivity index (χ0) is 15.6. The summed E-state index contributed by atoms with van der Waals surface area (Å²) in [6.45, 7) is 0.165. The molecule has 1 heterocycles. The zero-order valence-electron chi connectivity index (χ0n) is 10.3. The highest BCUT2D eigenvalue weighted by Crippen LogP contribution is 2.25. The third kappa shape index (κ3) is 4.34. The number of thiophene rings is 1. The minimum Gasteiger partial charge on any atom is -0.347 e. The summed E-state index contributed by atoms with van der Waals surface area (Å²) in [5.41, 5.74) is 0.255. The van der Waals surface area contributed by atoms with E-state index in [0.29, 0.717) is 9.90 Å². The summed E-state index contributed by atoms with van der Waals surface area (Å²) in [6.07, 6.45) is 0. The molecule has 9 heteroatoms. The maximum atomic E-state index is 12.0. The standard InChI is InChI=1S/C12H8Cl3NO3S2/c13-7-1-3-10(14)9(5-7)12(17)16-6-8-2-4-11(20-8)21(15,18)19/h1-5H,6H2,(H,16,17). The highest BCUT2D eigenvalue weighted by atomic mass is 35.7. The van der Waals surface area contributed by atoms with Crippen molar-refractivity contribution < 1.29 is 13.2 Å². The summed E-state index contributed by atoms with van der Waals surface area (Å²) < 4.78 is 22.3. The molecule has 2 rings (SSSR count). The molecule has 0 radical (unpaired) electrons. The summed E-state index contributed by atoms with van der Waals surface area (Å²) in [4.78, 5) is 12.7. The van der Waals surface area contributed by atoms with E-state index >= 15 is 0 Å². The van der Waals surface area contributed by atoms with Gasteiger partial charge in [-0.3, -0.25) is 4.79 Å². The van der Waals surface area contributed by atoms with Crippen molar-refractivity contribution in [3.05, 3.63) is 50.8 Å². The van der Waals surface area contributed by atoms with Crippen LogP contribution in [0.25, 0.3) is 0 Å². The van der Waals surface area contributed by atoms with Crippen LogP contribution in [0.5, 0.6) is 0 Å². The molecular formula is C12H8Cl3NO3S2. The van der Waals surface area contributed by atoms with Crippen LogP contribution in [0.3, 0.4) is 0 Å². The molecule has 0 aliphatic carbocycles. The van der Waals surface area contributed by atoms with Crippen LogP contribution in [0.1, 0.15) is 15.2 Å². The van der Waals surface area contributed by atoms with Crippen LogP contribution in [0, 0.1) is 0 Å². The molecular weight excluding hydrogens is 377 g/mol. The van der Waals surface area contributed by atoms with Crippen LogP contribution >= 0.6 is 45.2 Å². The lowest BCUT2D eigenvalue weighted by Gasteiger charge is -2.06. The van der Waals surface area contributed by atoms with E-state index in [0.717, 1.165) is 11.3 Å². The van der Waals surface area contributed by atoms with Crippen molar-refractivity contribution in [3.8, 4) is 0 Å². The van der Waals surface area contributed by atoms with Crippen molar-refractivity contribution in [1.82, 2.24) is 5.32 Å². The fourth-order valence-electron chi connectivity index (χ4n) is 1.52. The second-order valence-electron chi connectivity index (χ2n) is 3.97. The molecule has 1 N–H and O–H groups in total. The molecule has 0 atom stereocenters. The number of hydrogen-bond acceptors (Lipinski definition) is 4. The number of carbonyl (C=O) groups is 1. The maximum Gasteiger partial charge on any atom is 0.270 e. The van der Waals surface area contributed by atoms with Crippen molar-refractivity contribution in [2.45, 2.75) is 10.8 Å². The minimum absolute atomic E-state index is 0.0363. The van der Waals surface area contributed by atoms with Gasteiger partial charge in [-0.05, 0) is 30.3 Å². The second kappa shape index (κ2) is 6.54. The summed E-state index contributed by atoms with van der Waals surface area (Å²) >= 11 is 12.7. The largest absolute Gasteiger partial charge is 0.347 e. The molecule has 0 unspecified atom stereocenters. The first-order chi connectivity index (χ1) is 9.77. The average Bonchev–Trinajstić information content (AvgIpc) is 2.87. The van der Waals surface area contributed by atoms with E-state index in [1.807, 2.05) is 0 Å². The fourth-order valence-corrected chi connectivity index (χ4v) is 3.96. The first kappa shape index (κ1) is 16.6. The Morgan fingerprint density at radius 3 is 2.52 bits per heavy atom. The molecule has 0 spiro atoms. The Balaban J connectivity index is 2.08. The van der Waals surface area contributed by atoms with Gasteiger partial charge in [-0.15, -0.1) is 11.3 Å². The highest BCUT2D eigenvalue weighted by Gasteiger charge is 2.15. The average molecular weight is 385 g/mol. The molecule has 0 aliphatic heterocycles. The fraction of sp³-hybridized carbons (Fsp3) is 0.0833. The SMILES string of the molecule is O=C(NCc1ccc(S(=O)(=O)Cl)s1)c1cc(Cl)ccc1Cl.